The summed E-state index contributed by atoms with van der Waals surface area (Å²) in [6.07, 6.45) is 0.858. The Balaban J connectivity index is 1.36. The summed E-state index contributed by atoms with van der Waals surface area (Å²) in [5.41, 5.74) is 4.94. The molecular weight excluding hydrogens is 514 g/mol. The quantitative estimate of drug-likeness (QED) is 0.326. The lowest BCUT2D eigenvalue weighted by atomic mass is 10.1. The van der Waals surface area contributed by atoms with Gasteiger partial charge in [-0.05, 0) is 67.3 Å². The number of carbonyl (C=O) groups excluding carboxylic acids is 1. The number of nitrogens with zero attached hydrogens (tertiary/aromatic N) is 2. The molecule has 5 rings (SSSR count). The Morgan fingerprint density at radius 2 is 1.83 bits per heavy atom. The van der Waals surface area contributed by atoms with Gasteiger partial charge in [-0.1, -0.05) is 48.0 Å². The Bertz CT molecular complexity index is 1560. The number of hydrogen-bond donors (Lipinski definition) is 1. The summed E-state index contributed by atoms with van der Waals surface area (Å²) >= 11 is 7.33. The van der Waals surface area contributed by atoms with Crippen LogP contribution in [0.2, 0.25) is 5.02 Å². The van der Waals surface area contributed by atoms with E-state index in [0.29, 0.717) is 33.7 Å². The highest BCUT2D eigenvalue weighted by Gasteiger charge is 2.32. The van der Waals surface area contributed by atoms with Gasteiger partial charge in [0, 0.05) is 22.0 Å². The van der Waals surface area contributed by atoms with Gasteiger partial charge in [0.2, 0.25) is 5.91 Å². The maximum atomic E-state index is 13.3. The number of benzene rings is 3. The Labute approximate surface area is 219 Å². The van der Waals surface area contributed by atoms with Crippen molar-refractivity contribution in [2.24, 2.45) is 0 Å². The maximum Gasteiger partial charge on any atom is 0.264 e. The van der Waals surface area contributed by atoms with Gasteiger partial charge >= 0.3 is 0 Å². The average Bonchev–Trinajstić information content (AvgIpc) is 3.43. The second-order valence-electron chi connectivity index (χ2n) is 8.71. The zero-order valence-corrected chi connectivity index (χ0v) is 22.2. The summed E-state index contributed by atoms with van der Waals surface area (Å²) in [5.74, 6) is -0.149. The molecule has 2 heterocycles. The number of aryl methyl sites for hydroxylation is 2. The van der Waals surface area contributed by atoms with Crippen molar-refractivity contribution in [1.82, 2.24) is 4.98 Å². The van der Waals surface area contributed by atoms with Crippen LogP contribution in [0, 0.1) is 13.8 Å². The molecule has 0 fully saturated rings. The number of anilines is 2. The Hall–Kier alpha value is -3.20. The fraction of sp³-hybridized carbons (Fsp3) is 0.185. The number of halogens is 1. The van der Waals surface area contributed by atoms with Crippen LogP contribution in [-0.2, 0) is 27.7 Å². The van der Waals surface area contributed by atoms with Gasteiger partial charge in [-0.3, -0.25) is 9.10 Å². The molecule has 184 valence electrons. The number of fused-ring (bicyclic) bond motifs is 1. The lowest BCUT2D eigenvalue weighted by molar-refractivity contribution is -0.115. The van der Waals surface area contributed by atoms with Crippen molar-refractivity contribution < 1.29 is 13.2 Å². The number of nitrogens with one attached hydrogen (secondary N) is 1. The number of carbonyl (C=O) groups is 1. The average molecular weight is 538 g/mol. The molecule has 0 saturated heterocycles. The highest BCUT2D eigenvalue weighted by Crippen LogP contribution is 2.38. The first kappa shape index (κ1) is 24.5. The molecule has 0 spiro atoms. The summed E-state index contributed by atoms with van der Waals surface area (Å²) < 4.78 is 28.2. The third-order valence-electron chi connectivity index (χ3n) is 6.19. The smallest absolute Gasteiger partial charge is 0.264 e. The maximum absolute atomic E-state index is 13.3. The van der Waals surface area contributed by atoms with Crippen LogP contribution in [0.5, 0.6) is 0 Å². The molecule has 9 heteroatoms. The molecule has 1 N–H and O–H groups in total. The van der Waals surface area contributed by atoms with Crippen molar-refractivity contribution in [2.45, 2.75) is 31.6 Å². The molecule has 3 aromatic carbocycles. The fourth-order valence-electron chi connectivity index (χ4n) is 4.40. The molecule has 1 aliphatic rings. The molecule has 6 nitrogen and oxygen atoms in total. The predicted octanol–water partition coefficient (Wildman–Crippen LogP) is 6.01. The number of rotatable bonds is 6. The number of hydrogen-bond acceptors (Lipinski definition) is 5. The van der Waals surface area contributed by atoms with E-state index >= 15 is 0 Å². The first-order valence-corrected chi connectivity index (χ1v) is 14.1. The highest BCUT2D eigenvalue weighted by atomic mass is 35.5. The first-order chi connectivity index (χ1) is 17.2. The zero-order chi connectivity index (χ0) is 25.4. The molecule has 0 aliphatic carbocycles. The molecule has 0 bridgehead atoms. The van der Waals surface area contributed by atoms with Gasteiger partial charge in [0.15, 0.2) is 5.13 Å². The lowest BCUT2D eigenvalue weighted by Gasteiger charge is -2.21. The monoisotopic (exact) mass is 537 g/mol. The normalized spacial score (nSPS) is 13.0. The largest absolute Gasteiger partial charge is 0.302 e. The van der Waals surface area contributed by atoms with Gasteiger partial charge in [-0.25, -0.2) is 13.4 Å². The third-order valence-corrected chi connectivity index (χ3v) is 9.30. The van der Waals surface area contributed by atoms with E-state index in [1.165, 1.54) is 15.6 Å². The van der Waals surface area contributed by atoms with E-state index in [1.807, 2.05) is 56.3 Å². The van der Waals surface area contributed by atoms with Crippen molar-refractivity contribution in [1.29, 1.82) is 0 Å². The summed E-state index contributed by atoms with van der Waals surface area (Å²) in [5, 5.41) is 4.05. The molecule has 0 radical (unpaired) electrons. The van der Waals surface area contributed by atoms with Crippen LogP contribution in [0.25, 0.3) is 11.3 Å². The molecular formula is C27H24ClN3O3S2. The lowest BCUT2D eigenvalue weighted by Crippen LogP contribution is -2.29. The summed E-state index contributed by atoms with van der Waals surface area (Å²) in [4.78, 5) is 18.5. The first-order valence-electron chi connectivity index (χ1n) is 11.5. The van der Waals surface area contributed by atoms with Gasteiger partial charge in [0.1, 0.15) is 0 Å². The minimum absolute atomic E-state index is 0.149. The SMILES string of the molecule is Cc1ccccc1S(=O)(=O)N1CCc2cc(-c3nc(NC(=O)Cc4ccc(Cl)cc4)sc3C)ccc21. The van der Waals surface area contributed by atoms with E-state index in [-0.39, 0.29) is 12.3 Å². The summed E-state index contributed by atoms with van der Waals surface area (Å²) in [7, 11) is -3.64. The van der Waals surface area contributed by atoms with E-state index < -0.39 is 10.0 Å². The number of aromatic nitrogens is 1. The topological polar surface area (TPSA) is 79.4 Å². The Kier molecular flexibility index (Phi) is 6.59. The van der Waals surface area contributed by atoms with Crippen LogP contribution in [0.15, 0.2) is 71.6 Å². The Morgan fingerprint density at radius 3 is 2.58 bits per heavy atom. The molecule has 0 saturated carbocycles. The molecule has 1 aliphatic heterocycles. The van der Waals surface area contributed by atoms with Crippen LogP contribution >= 0.6 is 22.9 Å². The highest BCUT2D eigenvalue weighted by molar-refractivity contribution is 7.93. The van der Waals surface area contributed by atoms with Crippen LogP contribution in [0.4, 0.5) is 10.8 Å². The molecule has 36 heavy (non-hydrogen) atoms. The fourth-order valence-corrected chi connectivity index (χ4v) is 7.11. The molecule has 1 aromatic heterocycles. The predicted molar refractivity (Wildman–Crippen MR) is 145 cm³/mol. The van der Waals surface area contributed by atoms with Gasteiger partial charge in [0.25, 0.3) is 10.0 Å². The molecule has 0 atom stereocenters. The molecule has 1 amide bonds. The van der Waals surface area contributed by atoms with E-state index in [1.54, 1.807) is 24.3 Å². The van der Waals surface area contributed by atoms with Crippen molar-refractivity contribution in [3.8, 4) is 11.3 Å². The number of amides is 1. The second-order valence-corrected chi connectivity index (χ2v) is 12.2. The van der Waals surface area contributed by atoms with Crippen molar-refractivity contribution in [3.63, 3.8) is 0 Å². The minimum atomic E-state index is -3.64. The van der Waals surface area contributed by atoms with Gasteiger partial charge < -0.3 is 5.32 Å². The minimum Gasteiger partial charge on any atom is -0.302 e. The summed E-state index contributed by atoms with van der Waals surface area (Å²) in [6, 6.07) is 20.0. The van der Waals surface area contributed by atoms with E-state index in [4.69, 9.17) is 11.6 Å². The Morgan fingerprint density at radius 1 is 1.08 bits per heavy atom. The number of thiazole rings is 1. The van der Waals surface area contributed by atoms with Crippen LogP contribution in [0.3, 0.4) is 0 Å². The van der Waals surface area contributed by atoms with Crippen molar-refractivity contribution in [2.75, 3.05) is 16.2 Å². The zero-order valence-electron chi connectivity index (χ0n) is 19.8. The van der Waals surface area contributed by atoms with E-state index in [9.17, 15) is 13.2 Å². The third kappa shape index (κ3) is 4.76. The molecule has 4 aromatic rings. The second kappa shape index (κ2) is 9.69. The molecule has 0 unspecified atom stereocenters. The van der Waals surface area contributed by atoms with Gasteiger partial charge in [-0.2, -0.15) is 0 Å². The number of sulfonamides is 1. The van der Waals surface area contributed by atoms with Gasteiger partial charge in [0.05, 0.1) is 22.7 Å². The van der Waals surface area contributed by atoms with Crippen molar-refractivity contribution >= 4 is 49.7 Å². The van der Waals surface area contributed by atoms with E-state index in [0.717, 1.165) is 32.8 Å². The van der Waals surface area contributed by atoms with Crippen LogP contribution in [0.1, 0.15) is 21.6 Å². The van der Waals surface area contributed by atoms with Gasteiger partial charge in [-0.15, -0.1) is 11.3 Å². The van der Waals surface area contributed by atoms with Crippen molar-refractivity contribution in [3.05, 3.63) is 93.3 Å². The van der Waals surface area contributed by atoms with Crippen LogP contribution < -0.4 is 9.62 Å². The van der Waals surface area contributed by atoms with E-state index in [2.05, 4.69) is 10.3 Å². The standard InChI is InChI=1S/C27H24ClN3O3S2/c1-17-5-3-4-6-24(17)36(33,34)31-14-13-20-16-21(9-12-23(20)31)26-18(2)35-27(30-26)29-25(32)15-19-7-10-22(28)11-8-19/h3-12,16H,13-15H2,1-2H3,(H,29,30,32). The van der Waals surface area contributed by atoms with Crippen LogP contribution in [-0.4, -0.2) is 25.9 Å². The summed E-state index contributed by atoms with van der Waals surface area (Å²) in [6.45, 7) is 4.17.